The van der Waals surface area contributed by atoms with E-state index in [9.17, 15) is 18.0 Å². The summed E-state index contributed by atoms with van der Waals surface area (Å²) in [7, 11) is -3.52. The van der Waals surface area contributed by atoms with Crippen molar-refractivity contribution in [3.63, 3.8) is 0 Å². The zero-order valence-corrected chi connectivity index (χ0v) is 19.1. The maximum atomic E-state index is 12.7. The maximum Gasteiger partial charge on any atom is 0.251 e. The first-order valence-corrected chi connectivity index (χ1v) is 12.8. The lowest BCUT2D eigenvalue weighted by Crippen LogP contribution is -2.43. The molecule has 4 rings (SSSR count). The van der Waals surface area contributed by atoms with Gasteiger partial charge < -0.3 is 16.0 Å². The summed E-state index contributed by atoms with van der Waals surface area (Å²) in [4.78, 5) is 26.0. The Morgan fingerprint density at radius 3 is 2.69 bits per heavy atom. The highest BCUT2D eigenvalue weighted by Gasteiger charge is 2.30. The minimum Gasteiger partial charge on any atom is -0.371 e. The van der Waals surface area contributed by atoms with Crippen LogP contribution in [0.2, 0.25) is 0 Å². The van der Waals surface area contributed by atoms with Crippen LogP contribution in [0.1, 0.15) is 26.4 Å². The molecule has 0 saturated heterocycles. The summed E-state index contributed by atoms with van der Waals surface area (Å²) in [6.07, 6.45) is 0. The van der Waals surface area contributed by atoms with Crippen LogP contribution in [0.5, 0.6) is 0 Å². The van der Waals surface area contributed by atoms with Crippen LogP contribution >= 0.6 is 11.3 Å². The van der Waals surface area contributed by atoms with Gasteiger partial charge >= 0.3 is 0 Å². The molecule has 0 radical (unpaired) electrons. The molecular formula is C23H23N3O4S2. The van der Waals surface area contributed by atoms with Crippen LogP contribution in [0.3, 0.4) is 0 Å². The van der Waals surface area contributed by atoms with E-state index in [-0.39, 0.29) is 17.4 Å². The van der Waals surface area contributed by atoms with E-state index < -0.39 is 21.8 Å². The van der Waals surface area contributed by atoms with E-state index in [0.29, 0.717) is 29.0 Å². The van der Waals surface area contributed by atoms with Gasteiger partial charge in [0.2, 0.25) is 5.91 Å². The molecule has 2 heterocycles. The average Bonchev–Trinajstić information content (AvgIpc) is 3.25. The van der Waals surface area contributed by atoms with Crippen LogP contribution in [0.4, 0.5) is 11.4 Å². The maximum absolute atomic E-state index is 12.7. The fraction of sp³-hybridized carbons (Fsp3) is 0.217. The third kappa shape index (κ3) is 5.35. The first-order valence-electron chi connectivity index (χ1n) is 10.1. The van der Waals surface area contributed by atoms with Gasteiger partial charge in [-0.25, -0.2) is 8.42 Å². The summed E-state index contributed by atoms with van der Waals surface area (Å²) in [6.45, 7) is 2.33. The van der Waals surface area contributed by atoms with Crippen molar-refractivity contribution in [3.05, 3.63) is 81.5 Å². The van der Waals surface area contributed by atoms with Crippen molar-refractivity contribution in [2.45, 2.75) is 25.3 Å². The van der Waals surface area contributed by atoms with Gasteiger partial charge in [0.1, 0.15) is 6.04 Å². The van der Waals surface area contributed by atoms with Crippen molar-refractivity contribution < 1.29 is 18.0 Å². The second kappa shape index (κ2) is 9.13. The molecule has 32 heavy (non-hydrogen) atoms. The number of hydrogen-bond donors (Lipinski definition) is 3. The van der Waals surface area contributed by atoms with Gasteiger partial charge in [-0.3, -0.25) is 9.59 Å². The first-order chi connectivity index (χ1) is 15.3. The highest BCUT2D eigenvalue weighted by atomic mass is 32.2. The van der Waals surface area contributed by atoms with Crippen molar-refractivity contribution in [2.24, 2.45) is 0 Å². The Kier molecular flexibility index (Phi) is 6.29. The Bertz CT molecular complexity index is 1250. The van der Waals surface area contributed by atoms with E-state index in [4.69, 9.17) is 0 Å². The predicted octanol–water partition coefficient (Wildman–Crippen LogP) is 3.33. The molecule has 1 aliphatic heterocycles. The summed E-state index contributed by atoms with van der Waals surface area (Å²) >= 11 is 1.56. The van der Waals surface area contributed by atoms with Crippen molar-refractivity contribution in [3.8, 4) is 0 Å². The van der Waals surface area contributed by atoms with Gasteiger partial charge in [0.05, 0.1) is 29.4 Å². The Morgan fingerprint density at radius 1 is 1.09 bits per heavy atom. The summed E-state index contributed by atoms with van der Waals surface area (Å²) in [5.41, 5.74) is 3.12. The molecule has 9 heteroatoms. The molecule has 2 aromatic carbocycles. The molecular weight excluding hydrogens is 446 g/mol. The first kappa shape index (κ1) is 22.0. The molecule has 3 aromatic rings. The van der Waals surface area contributed by atoms with Gasteiger partial charge in [-0.05, 0) is 42.1 Å². The van der Waals surface area contributed by atoms with Crippen molar-refractivity contribution in [1.82, 2.24) is 5.32 Å². The zero-order valence-electron chi connectivity index (χ0n) is 17.4. The number of sulfone groups is 1. The van der Waals surface area contributed by atoms with E-state index in [1.165, 1.54) is 0 Å². The Labute approximate surface area is 190 Å². The fourth-order valence-corrected chi connectivity index (χ4v) is 5.75. The number of carbonyl (C=O) groups excluding carboxylic acids is 2. The van der Waals surface area contributed by atoms with Crippen LogP contribution in [-0.4, -0.2) is 32.0 Å². The molecule has 7 nitrogen and oxygen atoms in total. The quantitative estimate of drug-likeness (QED) is 0.492. The highest BCUT2D eigenvalue weighted by Crippen LogP contribution is 2.28. The largest absolute Gasteiger partial charge is 0.371 e. The van der Waals surface area contributed by atoms with Crippen molar-refractivity contribution in [2.75, 3.05) is 16.4 Å². The third-order valence-corrected chi connectivity index (χ3v) is 7.57. The summed E-state index contributed by atoms with van der Waals surface area (Å²) < 4.78 is 25.4. The molecule has 166 valence electrons. The van der Waals surface area contributed by atoms with E-state index in [1.807, 2.05) is 42.6 Å². The van der Waals surface area contributed by atoms with Gasteiger partial charge in [-0.1, -0.05) is 35.9 Å². The molecule has 1 aromatic heterocycles. The second-order valence-electron chi connectivity index (χ2n) is 7.75. The molecule has 1 atom stereocenters. The second-order valence-corrected chi connectivity index (χ2v) is 10.9. The number of nitrogens with one attached hydrogen (secondary N) is 3. The van der Waals surface area contributed by atoms with Crippen molar-refractivity contribution in [1.29, 1.82) is 0 Å². The van der Waals surface area contributed by atoms with Crippen LogP contribution in [0.15, 0.2) is 60.0 Å². The van der Waals surface area contributed by atoms with Gasteiger partial charge in [0.25, 0.3) is 5.91 Å². The molecule has 0 fully saturated rings. The highest BCUT2D eigenvalue weighted by molar-refractivity contribution is 7.90. The topological polar surface area (TPSA) is 104 Å². The van der Waals surface area contributed by atoms with Gasteiger partial charge in [-0.2, -0.15) is 0 Å². The minimum absolute atomic E-state index is 0.129. The lowest BCUT2D eigenvalue weighted by molar-refractivity contribution is -0.116. The molecule has 0 saturated carbocycles. The minimum atomic E-state index is -3.52. The van der Waals surface area contributed by atoms with Crippen LogP contribution in [0.25, 0.3) is 0 Å². The van der Waals surface area contributed by atoms with Crippen LogP contribution < -0.4 is 16.0 Å². The number of thiophene rings is 1. The van der Waals surface area contributed by atoms with E-state index >= 15 is 0 Å². The number of aryl methyl sites for hydroxylation is 1. The molecule has 0 unspecified atom stereocenters. The monoisotopic (exact) mass is 469 g/mol. The van der Waals surface area contributed by atoms with Crippen LogP contribution in [0, 0.1) is 6.92 Å². The molecule has 0 aliphatic carbocycles. The molecule has 1 aliphatic rings. The number of anilines is 2. The van der Waals surface area contributed by atoms with Gasteiger partial charge in [0.15, 0.2) is 9.84 Å². The number of benzene rings is 2. The Morgan fingerprint density at radius 2 is 1.94 bits per heavy atom. The predicted molar refractivity (Wildman–Crippen MR) is 127 cm³/mol. The van der Waals surface area contributed by atoms with E-state index in [1.54, 1.807) is 35.6 Å². The smallest absolute Gasteiger partial charge is 0.251 e. The lowest BCUT2D eigenvalue weighted by Gasteiger charge is -2.27. The molecule has 2 amide bonds. The Balaban J connectivity index is 1.42. The number of hydrogen-bond acceptors (Lipinski definition) is 6. The summed E-state index contributed by atoms with van der Waals surface area (Å²) in [5.74, 6) is -1.15. The number of carbonyl (C=O) groups is 2. The number of rotatable bonds is 7. The number of amides is 2. The summed E-state index contributed by atoms with van der Waals surface area (Å²) in [5, 5.41) is 10.5. The molecule has 0 bridgehead atoms. The van der Waals surface area contributed by atoms with Gasteiger partial charge in [-0.15, -0.1) is 11.3 Å². The standard InChI is InChI=1S/C23H23N3O4S2/c1-15-4-2-5-16(10-15)13-32(29,30)14-21-23(28)26-20-11-17(7-8-19(20)25-21)22(27)24-12-18-6-3-9-31-18/h2-11,21,25H,12-14H2,1H3,(H,24,27)(H,26,28)/t21-/m1/s1. The van der Waals surface area contributed by atoms with Gasteiger partial charge in [0, 0.05) is 10.4 Å². The van der Waals surface area contributed by atoms with E-state index in [0.717, 1.165) is 10.4 Å². The average molecular weight is 470 g/mol. The van der Waals surface area contributed by atoms with E-state index in [2.05, 4.69) is 16.0 Å². The number of fused-ring (bicyclic) bond motifs is 1. The fourth-order valence-electron chi connectivity index (χ4n) is 3.56. The normalized spacial score (nSPS) is 15.4. The Hall–Kier alpha value is -3.17. The third-order valence-electron chi connectivity index (χ3n) is 5.08. The summed E-state index contributed by atoms with van der Waals surface area (Å²) in [6, 6.07) is 15.2. The zero-order chi connectivity index (χ0) is 22.7. The molecule has 3 N–H and O–H groups in total. The lowest BCUT2D eigenvalue weighted by atomic mass is 10.1. The van der Waals surface area contributed by atoms with Crippen molar-refractivity contribution >= 4 is 44.4 Å². The molecule has 0 spiro atoms. The van der Waals surface area contributed by atoms with Crippen LogP contribution in [-0.2, 0) is 26.9 Å². The SMILES string of the molecule is Cc1cccc(CS(=O)(=O)C[C@H]2Nc3ccc(C(=O)NCc4cccs4)cc3NC2=O)c1.